The second-order valence-corrected chi connectivity index (χ2v) is 6.96. The SMILES string of the molecule is CC(C)N1C(=O)N(C(C)C)C(c2ccccc2)(c2ccccc2)C1=O. The van der Waals surface area contributed by atoms with Crippen molar-refractivity contribution in [3.8, 4) is 0 Å². The van der Waals surface area contributed by atoms with E-state index in [0.29, 0.717) is 0 Å². The van der Waals surface area contributed by atoms with Crippen molar-refractivity contribution in [1.82, 2.24) is 9.80 Å². The quantitative estimate of drug-likeness (QED) is 0.792. The van der Waals surface area contributed by atoms with Gasteiger partial charge in [-0.1, -0.05) is 60.7 Å². The molecule has 0 radical (unpaired) electrons. The highest BCUT2D eigenvalue weighted by Gasteiger charge is 2.60. The largest absolute Gasteiger partial charge is 0.328 e. The average Bonchev–Trinajstić information content (AvgIpc) is 2.84. The van der Waals surface area contributed by atoms with E-state index in [-0.39, 0.29) is 24.0 Å². The van der Waals surface area contributed by atoms with Crippen LogP contribution >= 0.6 is 0 Å². The number of carbonyl (C=O) groups is 2. The Balaban J connectivity index is 2.36. The fourth-order valence-electron chi connectivity index (χ4n) is 3.74. The first-order valence-electron chi connectivity index (χ1n) is 8.70. The first-order chi connectivity index (χ1) is 11.9. The van der Waals surface area contributed by atoms with Gasteiger partial charge in [0.15, 0.2) is 5.54 Å². The summed E-state index contributed by atoms with van der Waals surface area (Å²) in [5.41, 5.74) is 0.505. The van der Waals surface area contributed by atoms with Gasteiger partial charge in [0, 0.05) is 12.1 Å². The zero-order valence-corrected chi connectivity index (χ0v) is 15.1. The summed E-state index contributed by atoms with van der Waals surface area (Å²) >= 11 is 0. The molecule has 0 unspecified atom stereocenters. The molecule has 2 aromatic carbocycles. The van der Waals surface area contributed by atoms with E-state index in [9.17, 15) is 9.59 Å². The van der Waals surface area contributed by atoms with Gasteiger partial charge in [0.2, 0.25) is 0 Å². The number of amides is 3. The minimum Gasteiger partial charge on any atom is -0.299 e. The third kappa shape index (κ3) is 2.44. The van der Waals surface area contributed by atoms with Crippen LogP contribution in [0.3, 0.4) is 0 Å². The molecule has 4 heteroatoms. The van der Waals surface area contributed by atoms with Crippen LogP contribution in [0.25, 0.3) is 0 Å². The minimum atomic E-state index is -1.13. The zero-order chi connectivity index (χ0) is 18.2. The fourth-order valence-corrected chi connectivity index (χ4v) is 3.74. The van der Waals surface area contributed by atoms with Crippen LogP contribution < -0.4 is 0 Å². The molecule has 0 spiro atoms. The molecule has 1 aliphatic rings. The molecule has 1 saturated heterocycles. The highest BCUT2D eigenvalue weighted by atomic mass is 16.2. The molecule has 0 N–H and O–H groups in total. The number of carbonyl (C=O) groups excluding carboxylic acids is 2. The van der Waals surface area contributed by atoms with Crippen molar-refractivity contribution in [2.75, 3.05) is 0 Å². The molecule has 0 saturated carbocycles. The molecule has 0 atom stereocenters. The van der Waals surface area contributed by atoms with Crippen LogP contribution in [0.15, 0.2) is 60.7 Å². The summed E-state index contributed by atoms with van der Waals surface area (Å²) in [4.78, 5) is 30.0. The van der Waals surface area contributed by atoms with E-state index in [1.54, 1.807) is 4.90 Å². The summed E-state index contributed by atoms with van der Waals surface area (Å²) in [5.74, 6) is -0.182. The van der Waals surface area contributed by atoms with Crippen LogP contribution in [0.2, 0.25) is 0 Å². The maximum absolute atomic E-state index is 13.7. The molecule has 25 heavy (non-hydrogen) atoms. The van der Waals surface area contributed by atoms with Crippen molar-refractivity contribution in [2.24, 2.45) is 0 Å². The molecular weight excluding hydrogens is 312 g/mol. The van der Waals surface area contributed by atoms with Crippen LogP contribution in [0, 0.1) is 0 Å². The number of rotatable bonds is 4. The van der Waals surface area contributed by atoms with Crippen LogP contribution in [-0.2, 0) is 10.3 Å². The van der Waals surface area contributed by atoms with Gasteiger partial charge in [-0.15, -0.1) is 0 Å². The van der Waals surface area contributed by atoms with E-state index >= 15 is 0 Å². The monoisotopic (exact) mass is 336 g/mol. The molecule has 1 aliphatic heterocycles. The molecule has 1 heterocycles. The van der Waals surface area contributed by atoms with Gasteiger partial charge in [0.1, 0.15) is 0 Å². The zero-order valence-electron chi connectivity index (χ0n) is 15.1. The maximum atomic E-state index is 13.7. The van der Waals surface area contributed by atoms with Crippen molar-refractivity contribution in [3.05, 3.63) is 71.8 Å². The van der Waals surface area contributed by atoms with Crippen molar-refractivity contribution in [2.45, 2.75) is 45.3 Å². The lowest BCUT2D eigenvalue weighted by atomic mass is 9.80. The number of benzene rings is 2. The Labute approximate surface area is 149 Å². The lowest BCUT2D eigenvalue weighted by Crippen LogP contribution is -2.51. The Bertz CT molecular complexity index is 729. The number of urea groups is 1. The van der Waals surface area contributed by atoms with Crippen LogP contribution in [0.4, 0.5) is 4.79 Å². The van der Waals surface area contributed by atoms with Crippen molar-refractivity contribution in [1.29, 1.82) is 0 Å². The first-order valence-corrected chi connectivity index (χ1v) is 8.70. The summed E-state index contributed by atoms with van der Waals surface area (Å²) in [6.07, 6.45) is 0. The summed E-state index contributed by atoms with van der Waals surface area (Å²) in [7, 11) is 0. The summed E-state index contributed by atoms with van der Waals surface area (Å²) in [6, 6.07) is 18.6. The Kier molecular flexibility index (Phi) is 4.38. The topological polar surface area (TPSA) is 40.6 Å². The standard InChI is InChI=1S/C21H24N2O2/c1-15(2)22-19(24)21(17-11-7-5-8-12-17,18-13-9-6-10-14-18)23(16(3)4)20(22)25/h5-16H,1-4H3. The number of nitrogens with zero attached hydrogens (tertiary/aromatic N) is 2. The van der Waals surface area contributed by atoms with Crippen LogP contribution in [0.5, 0.6) is 0 Å². The van der Waals surface area contributed by atoms with Gasteiger partial charge in [-0.2, -0.15) is 0 Å². The molecule has 0 aromatic heterocycles. The van der Waals surface area contributed by atoms with Gasteiger partial charge in [-0.3, -0.25) is 14.6 Å². The maximum Gasteiger partial charge on any atom is 0.328 e. The molecule has 0 bridgehead atoms. The molecule has 3 amide bonds. The van der Waals surface area contributed by atoms with Crippen LogP contribution in [0.1, 0.15) is 38.8 Å². The normalized spacial score (nSPS) is 17.0. The smallest absolute Gasteiger partial charge is 0.299 e. The van der Waals surface area contributed by atoms with E-state index < -0.39 is 5.54 Å². The van der Waals surface area contributed by atoms with Gasteiger partial charge in [-0.25, -0.2) is 4.79 Å². The highest BCUT2D eigenvalue weighted by molar-refractivity contribution is 6.10. The molecule has 130 valence electrons. The van der Waals surface area contributed by atoms with Gasteiger partial charge >= 0.3 is 6.03 Å². The van der Waals surface area contributed by atoms with Crippen molar-refractivity contribution >= 4 is 11.9 Å². The first kappa shape index (κ1) is 17.2. The van der Waals surface area contributed by atoms with Gasteiger partial charge in [0.25, 0.3) is 5.91 Å². The second-order valence-electron chi connectivity index (χ2n) is 6.96. The predicted molar refractivity (Wildman–Crippen MR) is 98.0 cm³/mol. The van der Waals surface area contributed by atoms with E-state index in [1.807, 2.05) is 88.4 Å². The predicted octanol–water partition coefficient (Wildman–Crippen LogP) is 4.01. The Morgan fingerprint density at radius 1 is 0.720 bits per heavy atom. The fraction of sp³-hybridized carbons (Fsp3) is 0.333. The second kappa shape index (κ2) is 6.36. The lowest BCUT2D eigenvalue weighted by Gasteiger charge is -2.38. The van der Waals surface area contributed by atoms with E-state index in [4.69, 9.17) is 0 Å². The highest BCUT2D eigenvalue weighted by Crippen LogP contribution is 2.44. The number of hydrogen-bond acceptors (Lipinski definition) is 2. The van der Waals surface area contributed by atoms with Crippen LogP contribution in [-0.4, -0.2) is 33.8 Å². The van der Waals surface area contributed by atoms with Gasteiger partial charge in [0.05, 0.1) is 0 Å². The van der Waals surface area contributed by atoms with E-state index in [0.717, 1.165) is 11.1 Å². The molecular formula is C21H24N2O2. The van der Waals surface area contributed by atoms with Crippen molar-refractivity contribution in [3.63, 3.8) is 0 Å². The summed E-state index contributed by atoms with van der Waals surface area (Å²) < 4.78 is 0. The molecule has 1 fully saturated rings. The molecule has 0 aliphatic carbocycles. The Morgan fingerprint density at radius 3 is 1.52 bits per heavy atom. The third-order valence-corrected chi connectivity index (χ3v) is 4.72. The molecule has 2 aromatic rings. The third-order valence-electron chi connectivity index (χ3n) is 4.72. The van der Waals surface area contributed by atoms with Crippen molar-refractivity contribution < 1.29 is 9.59 Å². The van der Waals surface area contributed by atoms with Gasteiger partial charge in [-0.05, 0) is 38.8 Å². The van der Waals surface area contributed by atoms with E-state index in [2.05, 4.69) is 0 Å². The van der Waals surface area contributed by atoms with Gasteiger partial charge < -0.3 is 0 Å². The van der Waals surface area contributed by atoms with E-state index in [1.165, 1.54) is 4.90 Å². The molecule has 3 rings (SSSR count). The minimum absolute atomic E-state index is 0.124. The number of imide groups is 1. The Hall–Kier alpha value is -2.62. The average molecular weight is 336 g/mol. The Morgan fingerprint density at radius 2 is 1.16 bits per heavy atom. The summed E-state index contributed by atoms with van der Waals surface area (Å²) in [5, 5.41) is 0. The molecule has 4 nitrogen and oxygen atoms in total. The lowest BCUT2D eigenvalue weighted by molar-refractivity contribution is -0.133. The summed E-state index contributed by atoms with van der Waals surface area (Å²) in [6.45, 7) is 7.66. The number of hydrogen-bond donors (Lipinski definition) is 0.